The number of benzene rings is 3. The van der Waals surface area contributed by atoms with Crippen LogP contribution in [0.25, 0.3) is 33.3 Å². The van der Waals surface area contributed by atoms with Gasteiger partial charge in [-0.05, 0) is 29.3 Å². The fraction of sp³-hybridized carbons (Fsp3) is 0.214. The van der Waals surface area contributed by atoms with Crippen LogP contribution in [0.3, 0.4) is 0 Å². The summed E-state index contributed by atoms with van der Waals surface area (Å²) in [5.74, 6) is -2.95. The van der Waals surface area contributed by atoms with Gasteiger partial charge in [-0.1, -0.05) is 73.7 Å². The first-order valence-electron chi connectivity index (χ1n) is 10.9. The molecule has 0 N–H and O–H groups in total. The van der Waals surface area contributed by atoms with Gasteiger partial charge in [0, 0.05) is 42.2 Å². The van der Waals surface area contributed by atoms with Crippen LogP contribution in [-0.4, -0.2) is 16.7 Å². The van der Waals surface area contributed by atoms with E-state index in [2.05, 4.69) is 18.2 Å². The molecule has 4 aromatic rings. The number of hydrogen-bond donors (Lipinski definition) is 0. The van der Waals surface area contributed by atoms with Crippen molar-refractivity contribution in [3.8, 4) is 22.4 Å². The highest BCUT2D eigenvalue weighted by Gasteiger charge is 2.26. The van der Waals surface area contributed by atoms with Crippen LogP contribution in [0.15, 0.2) is 84.9 Å². The van der Waals surface area contributed by atoms with Crippen molar-refractivity contribution in [2.24, 2.45) is 0 Å². The second-order valence-electron chi connectivity index (χ2n) is 8.07. The summed E-state index contributed by atoms with van der Waals surface area (Å²) >= 11 is 0. The quantitative estimate of drug-likeness (QED) is 0.290. The van der Waals surface area contributed by atoms with Crippen LogP contribution in [0.2, 0.25) is 0 Å². The standard InChI is InChI=1S/C28H25F2NO/c1-2-28(29,30)16-15-24(32)18-20-13-14-26-23(17-20)19-25(21-9-5-3-6-10-21)27(31-26)22-11-7-4-8-12-22/h3-14,17,19H,2,15-16,18H2,1H3. The summed E-state index contributed by atoms with van der Waals surface area (Å²) < 4.78 is 27.0. The van der Waals surface area contributed by atoms with Crippen LogP contribution in [0.4, 0.5) is 8.78 Å². The number of carbonyl (C=O) groups is 1. The van der Waals surface area contributed by atoms with Crippen LogP contribution in [-0.2, 0) is 11.2 Å². The molecule has 1 aromatic heterocycles. The smallest absolute Gasteiger partial charge is 0.248 e. The Hall–Kier alpha value is -3.40. The van der Waals surface area contributed by atoms with E-state index in [0.717, 1.165) is 38.9 Å². The predicted octanol–water partition coefficient (Wildman–Crippen LogP) is 7.51. The second kappa shape index (κ2) is 9.39. The van der Waals surface area contributed by atoms with Gasteiger partial charge in [0.2, 0.25) is 5.92 Å². The summed E-state index contributed by atoms with van der Waals surface area (Å²) in [4.78, 5) is 17.2. The summed E-state index contributed by atoms with van der Waals surface area (Å²) in [7, 11) is 0. The number of nitrogens with zero attached hydrogens (tertiary/aromatic N) is 1. The zero-order valence-electron chi connectivity index (χ0n) is 18.0. The van der Waals surface area contributed by atoms with Crippen LogP contribution >= 0.6 is 0 Å². The van der Waals surface area contributed by atoms with Crippen molar-refractivity contribution in [2.75, 3.05) is 0 Å². The van der Waals surface area contributed by atoms with Crippen molar-refractivity contribution in [2.45, 2.75) is 38.5 Å². The first kappa shape index (κ1) is 21.8. The number of pyridine rings is 1. The average Bonchev–Trinajstić information content (AvgIpc) is 2.83. The molecule has 0 saturated heterocycles. The number of alkyl halides is 2. The number of carbonyl (C=O) groups excluding carboxylic acids is 1. The Morgan fingerprint density at radius 3 is 2.19 bits per heavy atom. The van der Waals surface area contributed by atoms with E-state index in [0.29, 0.717) is 0 Å². The molecular weight excluding hydrogens is 404 g/mol. The zero-order chi connectivity index (χ0) is 22.6. The molecule has 0 spiro atoms. The van der Waals surface area contributed by atoms with Crippen molar-refractivity contribution >= 4 is 16.7 Å². The summed E-state index contributed by atoms with van der Waals surface area (Å²) in [6, 6.07) is 27.9. The number of rotatable bonds is 8. The van der Waals surface area contributed by atoms with E-state index in [4.69, 9.17) is 4.98 Å². The SMILES string of the molecule is CCC(F)(F)CCC(=O)Cc1ccc2nc(-c3ccccc3)c(-c3ccccc3)cc2c1. The fourth-order valence-corrected chi connectivity index (χ4v) is 3.80. The van der Waals surface area contributed by atoms with Crippen LogP contribution in [0.1, 0.15) is 31.7 Å². The largest absolute Gasteiger partial charge is 0.299 e. The molecule has 0 fully saturated rings. The lowest BCUT2D eigenvalue weighted by Gasteiger charge is -2.13. The zero-order valence-corrected chi connectivity index (χ0v) is 18.0. The second-order valence-corrected chi connectivity index (χ2v) is 8.07. The molecule has 4 heteroatoms. The minimum atomic E-state index is -2.78. The Kier molecular flexibility index (Phi) is 6.40. The summed E-state index contributed by atoms with van der Waals surface area (Å²) in [6.45, 7) is 1.44. The summed E-state index contributed by atoms with van der Waals surface area (Å²) in [5, 5.41) is 0.924. The minimum absolute atomic E-state index is 0.112. The average molecular weight is 430 g/mol. The molecule has 162 valence electrons. The molecule has 32 heavy (non-hydrogen) atoms. The van der Waals surface area contributed by atoms with Crippen molar-refractivity contribution in [3.63, 3.8) is 0 Å². The molecule has 0 saturated carbocycles. The molecule has 0 unspecified atom stereocenters. The van der Waals surface area contributed by atoms with Crippen LogP contribution in [0, 0.1) is 0 Å². The van der Waals surface area contributed by atoms with E-state index in [1.54, 1.807) is 0 Å². The van der Waals surface area contributed by atoms with Gasteiger partial charge in [-0.3, -0.25) is 4.79 Å². The van der Waals surface area contributed by atoms with Crippen molar-refractivity contribution in [1.82, 2.24) is 4.98 Å². The molecule has 4 rings (SSSR count). The maximum atomic E-state index is 13.5. The Morgan fingerprint density at radius 2 is 1.53 bits per heavy atom. The molecule has 0 radical (unpaired) electrons. The third-order valence-electron chi connectivity index (χ3n) is 5.70. The maximum absolute atomic E-state index is 13.5. The van der Waals surface area contributed by atoms with Gasteiger partial charge in [-0.15, -0.1) is 0 Å². The Bertz CT molecular complexity index is 1220. The topological polar surface area (TPSA) is 30.0 Å². The number of hydrogen-bond acceptors (Lipinski definition) is 2. The number of halogens is 2. The lowest BCUT2D eigenvalue weighted by Crippen LogP contribution is -2.16. The third-order valence-corrected chi connectivity index (χ3v) is 5.70. The van der Waals surface area contributed by atoms with Gasteiger partial charge in [-0.2, -0.15) is 0 Å². The molecular formula is C28H25F2NO. The Morgan fingerprint density at radius 1 is 0.875 bits per heavy atom. The number of aromatic nitrogens is 1. The first-order valence-corrected chi connectivity index (χ1v) is 10.9. The van der Waals surface area contributed by atoms with Crippen molar-refractivity contribution < 1.29 is 13.6 Å². The lowest BCUT2D eigenvalue weighted by atomic mass is 9.96. The van der Waals surface area contributed by atoms with E-state index in [-0.39, 0.29) is 25.0 Å². The highest BCUT2D eigenvalue weighted by Crippen LogP contribution is 2.33. The predicted molar refractivity (Wildman–Crippen MR) is 126 cm³/mol. The van der Waals surface area contributed by atoms with Gasteiger partial charge in [0.1, 0.15) is 5.78 Å². The number of fused-ring (bicyclic) bond motifs is 1. The van der Waals surface area contributed by atoms with Crippen LogP contribution in [0.5, 0.6) is 0 Å². The van der Waals surface area contributed by atoms with E-state index in [1.807, 2.05) is 66.7 Å². The summed E-state index contributed by atoms with van der Waals surface area (Å²) in [5.41, 5.74) is 5.64. The van der Waals surface area contributed by atoms with Crippen molar-refractivity contribution in [3.05, 3.63) is 90.5 Å². The minimum Gasteiger partial charge on any atom is -0.299 e. The molecule has 0 aliphatic carbocycles. The van der Waals surface area contributed by atoms with Gasteiger partial charge in [-0.25, -0.2) is 13.8 Å². The molecule has 3 aromatic carbocycles. The van der Waals surface area contributed by atoms with Crippen LogP contribution < -0.4 is 0 Å². The molecule has 0 amide bonds. The highest BCUT2D eigenvalue weighted by atomic mass is 19.3. The normalized spacial score (nSPS) is 11.6. The fourth-order valence-electron chi connectivity index (χ4n) is 3.80. The lowest BCUT2D eigenvalue weighted by molar-refractivity contribution is -0.120. The molecule has 0 aliphatic heterocycles. The van der Waals surface area contributed by atoms with E-state index in [1.165, 1.54) is 6.92 Å². The Balaban J connectivity index is 1.69. The molecule has 0 aliphatic rings. The van der Waals surface area contributed by atoms with Gasteiger partial charge >= 0.3 is 0 Å². The van der Waals surface area contributed by atoms with E-state index >= 15 is 0 Å². The monoisotopic (exact) mass is 429 g/mol. The van der Waals surface area contributed by atoms with E-state index in [9.17, 15) is 13.6 Å². The van der Waals surface area contributed by atoms with E-state index < -0.39 is 12.3 Å². The maximum Gasteiger partial charge on any atom is 0.248 e. The Labute approximate surface area is 186 Å². The van der Waals surface area contributed by atoms with Crippen molar-refractivity contribution in [1.29, 1.82) is 0 Å². The van der Waals surface area contributed by atoms with Gasteiger partial charge in [0.05, 0.1) is 11.2 Å². The molecule has 0 atom stereocenters. The van der Waals surface area contributed by atoms with Gasteiger partial charge < -0.3 is 0 Å². The number of ketones is 1. The molecule has 0 bridgehead atoms. The third kappa shape index (κ3) is 5.08. The first-order chi connectivity index (χ1) is 15.4. The molecule has 2 nitrogen and oxygen atoms in total. The summed E-state index contributed by atoms with van der Waals surface area (Å²) in [6.07, 6.45) is -0.597. The van der Waals surface area contributed by atoms with Gasteiger partial charge in [0.15, 0.2) is 0 Å². The molecule has 1 heterocycles. The highest BCUT2D eigenvalue weighted by molar-refractivity contribution is 5.92. The van der Waals surface area contributed by atoms with Gasteiger partial charge in [0.25, 0.3) is 0 Å². The number of Topliss-reactive ketones (excluding diaryl/α,β-unsaturated/α-hetero) is 1.